The molecule has 2 aromatic rings. The number of aliphatic carboxylic acids is 1. The second-order valence-electron chi connectivity index (χ2n) is 9.58. The Balaban J connectivity index is 1.48. The first-order chi connectivity index (χ1) is 17.0. The zero-order chi connectivity index (χ0) is 24.6. The van der Waals surface area contributed by atoms with Crippen LogP contribution in [0.25, 0.3) is 0 Å². The van der Waals surface area contributed by atoms with Crippen molar-refractivity contribution in [2.75, 3.05) is 68.9 Å². The first-order valence-electron chi connectivity index (χ1n) is 12.6. The van der Waals surface area contributed by atoms with E-state index in [0.717, 1.165) is 51.3 Å². The minimum atomic E-state index is -0.950. The van der Waals surface area contributed by atoms with Crippen molar-refractivity contribution in [2.45, 2.75) is 50.6 Å². The van der Waals surface area contributed by atoms with Crippen LogP contribution < -0.4 is 15.5 Å². The van der Waals surface area contributed by atoms with Gasteiger partial charge in [0.05, 0.1) is 6.33 Å². The van der Waals surface area contributed by atoms with Crippen LogP contribution in [0.1, 0.15) is 37.8 Å². The summed E-state index contributed by atoms with van der Waals surface area (Å²) in [5, 5.41) is 16.7. The Morgan fingerprint density at radius 2 is 1.91 bits per heavy atom. The molecule has 2 aromatic heterocycles. The lowest BCUT2D eigenvalue weighted by molar-refractivity contribution is -0.138. The van der Waals surface area contributed by atoms with Crippen molar-refractivity contribution in [3.05, 3.63) is 18.2 Å². The van der Waals surface area contributed by atoms with E-state index in [2.05, 4.69) is 52.4 Å². The molecule has 35 heavy (non-hydrogen) atoms. The number of aromatic nitrogens is 5. The van der Waals surface area contributed by atoms with Gasteiger partial charge < -0.3 is 30.5 Å². The molecule has 2 fully saturated rings. The van der Waals surface area contributed by atoms with Crippen molar-refractivity contribution >= 4 is 23.8 Å². The third kappa shape index (κ3) is 7.25. The van der Waals surface area contributed by atoms with Gasteiger partial charge in [0.2, 0.25) is 17.8 Å². The van der Waals surface area contributed by atoms with Gasteiger partial charge in [-0.15, -0.1) is 0 Å². The molecule has 2 aliphatic rings. The molecule has 0 aromatic carbocycles. The second-order valence-corrected chi connectivity index (χ2v) is 9.58. The van der Waals surface area contributed by atoms with Gasteiger partial charge in [-0.25, -0.2) is 9.78 Å². The van der Waals surface area contributed by atoms with Crippen LogP contribution in [0.3, 0.4) is 0 Å². The summed E-state index contributed by atoms with van der Waals surface area (Å²) in [6, 6.07) is -0.527. The van der Waals surface area contributed by atoms with E-state index in [1.165, 1.54) is 19.3 Å². The van der Waals surface area contributed by atoms with E-state index in [4.69, 9.17) is 0 Å². The van der Waals surface area contributed by atoms with Crippen molar-refractivity contribution < 1.29 is 9.90 Å². The van der Waals surface area contributed by atoms with E-state index in [0.29, 0.717) is 30.4 Å². The zero-order valence-electron chi connectivity index (χ0n) is 20.8. The van der Waals surface area contributed by atoms with Gasteiger partial charge in [0, 0.05) is 70.7 Å². The van der Waals surface area contributed by atoms with Gasteiger partial charge in [0.15, 0.2) is 0 Å². The highest BCUT2D eigenvalue weighted by molar-refractivity contribution is 5.77. The third-order valence-electron chi connectivity index (χ3n) is 6.91. The number of rotatable bonds is 11. The number of aromatic amines is 1. The smallest absolute Gasteiger partial charge is 0.326 e. The number of nitrogens with zero attached hydrogens (tertiary/aromatic N) is 7. The minimum absolute atomic E-state index is 0.259. The molecule has 0 radical (unpaired) electrons. The fourth-order valence-corrected chi connectivity index (χ4v) is 4.63. The van der Waals surface area contributed by atoms with Gasteiger partial charge in [0.1, 0.15) is 6.04 Å². The highest BCUT2D eigenvalue weighted by atomic mass is 16.4. The molecule has 0 bridgehead atoms. The van der Waals surface area contributed by atoms with Crippen molar-refractivity contribution in [1.82, 2.24) is 34.7 Å². The Bertz CT molecular complexity index is 926. The molecule has 4 rings (SSSR count). The average molecular weight is 487 g/mol. The summed E-state index contributed by atoms with van der Waals surface area (Å²) in [7, 11) is 3.86. The molecule has 1 saturated carbocycles. The molecule has 0 amide bonds. The van der Waals surface area contributed by atoms with E-state index >= 15 is 0 Å². The normalized spacial score (nSPS) is 18.8. The number of hydrogen-bond donors (Lipinski definition) is 4. The lowest BCUT2D eigenvalue weighted by atomic mass is 9.96. The SMILES string of the molecule is CN1CCN(CCNc2nc(NC3CCCCC3)nc(N(C)[C@@H](Cc3cnc[nH]3)C(=O)O)n2)CC1. The van der Waals surface area contributed by atoms with Crippen molar-refractivity contribution in [3.63, 3.8) is 0 Å². The van der Waals surface area contributed by atoms with Gasteiger partial charge >= 0.3 is 5.97 Å². The summed E-state index contributed by atoms with van der Waals surface area (Å²) < 4.78 is 0. The van der Waals surface area contributed by atoms with Crippen LogP contribution in [0.2, 0.25) is 0 Å². The Morgan fingerprint density at radius 3 is 2.60 bits per heavy atom. The Kier molecular flexibility index (Phi) is 8.69. The average Bonchev–Trinajstić information content (AvgIpc) is 3.37. The van der Waals surface area contributed by atoms with Crippen LogP contribution >= 0.6 is 0 Å². The fourth-order valence-electron chi connectivity index (χ4n) is 4.63. The molecule has 0 spiro atoms. The molecule has 3 heterocycles. The molecule has 1 saturated heterocycles. The Labute approximate surface area is 206 Å². The highest BCUT2D eigenvalue weighted by Gasteiger charge is 2.27. The number of carboxylic acid groups (broad SMARTS) is 1. The quantitative estimate of drug-likeness (QED) is 0.363. The molecular weight excluding hydrogens is 448 g/mol. The standard InChI is InChI=1S/C23H38N10O2/c1-31-10-12-33(13-11-31)9-8-25-21-28-22(27-17-6-4-3-5-7-17)30-23(29-21)32(2)19(20(34)35)14-18-15-24-16-26-18/h15-17,19H,3-14H2,1-2H3,(H,24,26)(H,34,35)(H2,25,27,28,29,30)/t19-/m0/s1. The number of piperazine rings is 1. The molecule has 1 atom stereocenters. The van der Waals surface area contributed by atoms with Gasteiger partial charge in [0.25, 0.3) is 0 Å². The second kappa shape index (κ2) is 12.1. The molecule has 12 nitrogen and oxygen atoms in total. The van der Waals surface area contributed by atoms with Crippen LogP contribution in [0.4, 0.5) is 17.8 Å². The first-order valence-corrected chi connectivity index (χ1v) is 12.6. The number of carbonyl (C=O) groups is 1. The highest BCUT2D eigenvalue weighted by Crippen LogP contribution is 2.22. The number of carboxylic acids is 1. The first kappa shape index (κ1) is 25.1. The van der Waals surface area contributed by atoms with Crippen LogP contribution in [-0.2, 0) is 11.2 Å². The predicted molar refractivity (Wildman–Crippen MR) is 135 cm³/mol. The van der Waals surface area contributed by atoms with Crippen LogP contribution in [0.15, 0.2) is 12.5 Å². The van der Waals surface area contributed by atoms with Crippen molar-refractivity contribution in [1.29, 1.82) is 0 Å². The summed E-state index contributed by atoms with van der Waals surface area (Å²) in [6.45, 7) is 5.84. The summed E-state index contributed by atoms with van der Waals surface area (Å²) in [5.74, 6) is 0.322. The molecular formula is C23H38N10O2. The number of imidazole rings is 1. The number of nitrogens with one attached hydrogen (secondary N) is 3. The van der Waals surface area contributed by atoms with Gasteiger partial charge in [-0.2, -0.15) is 15.0 Å². The predicted octanol–water partition coefficient (Wildman–Crippen LogP) is 1.13. The summed E-state index contributed by atoms with van der Waals surface area (Å²) in [4.78, 5) is 39.3. The van der Waals surface area contributed by atoms with Gasteiger partial charge in [-0.1, -0.05) is 19.3 Å². The van der Waals surface area contributed by atoms with Crippen LogP contribution in [0.5, 0.6) is 0 Å². The van der Waals surface area contributed by atoms with E-state index in [9.17, 15) is 9.90 Å². The van der Waals surface area contributed by atoms with Crippen LogP contribution in [-0.4, -0.2) is 111 Å². The maximum atomic E-state index is 12.1. The lowest BCUT2D eigenvalue weighted by Crippen LogP contribution is -2.45. The Hall–Kier alpha value is -2.99. The molecule has 192 valence electrons. The number of likely N-dealkylation sites (N-methyl/N-ethyl adjacent to an activating group) is 2. The monoisotopic (exact) mass is 486 g/mol. The minimum Gasteiger partial charge on any atom is -0.480 e. The summed E-state index contributed by atoms with van der Waals surface area (Å²) >= 11 is 0. The third-order valence-corrected chi connectivity index (χ3v) is 6.91. The zero-order valence-corrected chi connectivity index (χ0v) is 20.8. The molecule has 0 unspecified atom stereocenters. The molecule has 1 aliphatic heterocycles. The maximum Gasteiger partial charge on any atom is 0.326 e. The molecule has 4 N–H and O–H groups in total. The topological polar surface area (TPSA) is 138 Å². The maximum absolute atomic E-state index is 12.1. The summed E-state index contributed by atoms with van der Waals surface area (Å²) in [5.41, 5.74) is 0.740. The number of anilines is 3. The van der Waals surface area contributed by atoms with E-state index in [1.807, 2.05) is 0 Å². The number of H-pyrrole nitrogens is 1. The van der Waals surface area contributed by atoms with Crippen LogP contribution in [0, 0.1) is 0 Å². The lowest BCUT2D eigenvalue weighted by Gasteiger charge is -2.32. The van der Waals surface area contributed by atoms with Crippen molar-refractivity contribution in [3.8, 4) is 0 Å². The van der Waals surface area contributed by atoms with Gasteiger partial charge in [-0.05, 0) is 19.9 Å². The van der Waals surface area contributed by atoms with E-state index in [-0.39, 0.29) is 6.42 Å². The summed E-state index contributed by atoms with van der Waals surface area (Å²) in [6.07, 6.45) is 9.25. The van der Waals surface area contributed by atoms with E-state index < -0.39 is 12.0 Å². The van der Waals surface area contributed by atoms with E-state index in [1.54, 1.807) is 24.5 Å². The molecule has 1 aliphatic carbocycles. The fraction of sp³-hybridized carbons (Fsp3) is 0.696. The number of hydrogen-bond acceptors (Lipinski definition) is 10. The van der Waals surface area contributed by atoms with Gasteiger partial charge in [-0.3, -0.25) is 4.90 Å². The molecule has 12 heteroatoms. The Morgan fingerprint density at radius 1 is 1.17 bits per heavy atom. The van der Waals surface area contributed by atoms with Crippen molar-refractivity contribution in [2.24, 2.45) is 0 Å². The largest absolute Gasteiger partial charge is 0.480 e.